The first-order valence-electron chi connectivity index (χ1n) is 5.72. The van der Waals surface area contributed by atoms with E-state index in [9.17, 15) is 18.0 Å². The van der Waals surface area contributed by atoms with Gasteiger partial charge in [0.15, 0.2) is 6.07 Å². The van der Waals surface area contributed by atoms with Gasteiger partial charge in [0.05, 0.1) is 31.7 Å². The molecular formula is C12H11F3N4O2. The van der Waals surface area contributed by atoms with Crippen molar-refractivity contribution in [1.82, 2.24) is 9.78 Å². The number of nitriles is 1. The van der Waals surface area contributed by atoms with Gasteiger partial charge in [0, 0.05) is 6.20 Å². The number of ether oxygens (including phenoxy) is 1. The summed E-state index contributed by atoms with van der Waals surface area (Å²) in [5, 5.41) is 12.8. The molecule has 0 bridgehead atoms. The van der Waals surface area contributed by atoms with E-state index in [1.807, 2.05) is 0 Å². The molecule has 1 aromatic rings. The summed E-state index contributed by atoms with van der Waals surface area (Å²) in [7, 11) is 1.17. The number of hydrogen-bond donors (Lipinski definition) is 0. The number of halogens is 3. The van der Waals surface area contributed by atoms with Crippen LogP contribution < -0.4 is 0 Å². The molecule has 0 fully saturated rings. The van der Waals surface area contributed by atoms with Gasteiger partial charge >= 0.3 is 17.7 Å². The molecule has 1 unspecified atom stereocenters. The van der Waals surface area contributed by atoms with Crippen molar-refractivity contribution in [3.8, 4) is 6.07 Å². The summed E-state index contributed by atoms with van der Waals surface area (Å²) in [4.78, 5) is 14.3. The minimum absolute atomic E-state index is 0.0881. The van der Waals surface area contributed by atoms with Crippen LogP contribution >= 0.6 is 0 Å². The Bertz CT molecular complexity index is 581. The molecule has 1 atom stereocenters. The fourth-order valence-electron chi connectivity index (χ4n) is 1.58. The van der Waals surface area contributed by atoms with Gasteiger partial charge < -0.3 is 4.74 Å². The first-order valence-corrected chi connectivity index (χ1v) is 5.72. The third-order valence-electron chi connectivity index (χ3n) is 2.72. The van der Waals surface area contributed by atoms with Crippen LogP contribution in [-0.4, -0.2) is 34.6 Å². The first kappa shape index (κ1) is 16.5. The Labute approximate surface area is 118 Å². The second-order valence-electron chi connectivity index (χ2n) is 4.29. The molecule has 0 aliphatic carbocycles. The van der Waals surface area contributed by atoms with E-state index in [0.29, 0.717) is 0 Å². The number of hydrogen-bond acceptors (Lipinski definition) is 4. The van der Waals surface area contributed by atoms with Gasteiger partial charge in [-0.2, -0.15) is 23.5 Å². The van der Waals surface area contributed by atoms with Crippen LogP contribution in [0, 0.1) is 17.9 Å². The van der Waals surface area contributed by atoms with E-state index in [1.54, 1.807) is 6.07 Å². The lowest BCUT2D eigenvalue weighted by atomic mass is 9.96. The normalized spacial score (nSPS) is 13.8. The van der Waals surface area contributed by atoms with E-state index < -0.39 is 30.5 Å². The van der Waals surface area contributed by atoms with E-state index in [-0.39, 0.29) is 12.1 Å². The van der Waals surface area contributed by atoms with Crippen LogP contribution in [0.15, 0.2) is 12.4 Å². The van der Waals surface area contributed by atoms with Crippen molar-refractivity contribution in [2.75, 3.05) is 7.11 Å². The quantitative estimate of drug-likeness (QED) is 0.617. The summed E-state index contributed by atoms with van der Waals surface area (Å²) < 4.78 is 42.3. The zero-order valence-corrected chi connectivity index (χ0v) is 11.0. The average Bonchev–Trinajstić information content (AvgIpc) is 2.90. The number of alkyl halides is 3. The highest BCUT2D eigenvalue weighted by molar-refractivity contribution is 5.88. The Balaban J connectivity index is 2.89. The maximum atomic E-state index is 12.3. The van der Waals surface area contributed by atoms with Crippen molar-refractivity contribution >= 4 is 5.97 Å². The lowest BCUT2D eigenvalue weighted by Crippen LogP contribution is -2.31. The molecular weight excluding hydrogens is 289 g/mol. The molecule has 0 aliphatic heterocycles. The van der Waals surface area contributed by atoms with Crippen molar-refractivity contribution < 1.29 is 22.7 Å². The second-order valence-corrected chi connectivity index (χ2v) is 4.29. The molecule has 9 heteroatoms. The minimum Gasteiger partial charge on any atom is -0.465 e. The van der Waals surface area contributed by atoms with Gasteiger partial charge in [-0.15, -0.1) is 0 Å². The Morgan fingerprint density at radius 1 is 1.57 bits per heavy atom. The van der Waals surface area contributed by atoms with Gasteiger partial charge in [-0.3, -0.25) is 9.53 Å². The van der Waals surface area contributed by atoms with E-state index in [1.165, 1.54) is 13.3 Å². The standard InChI is InChI=1S/C12H11F3N4O2/c1-17-11(7-16,3-4-12(13,14)15)8-19-6-9(5-18-19)10(20)21-2/h5-6H,3-4,8H2,2H3. The van der Waals surface area contributed by atoms with Crippen molar-refractivity contribution in [3.05, 3.63) is 29.4 Å². The lowest BCUT2D eigenvalue weighted by Gasteiger charge is -2.15. The minimum atomic E-state index is -4.45. The van der Waals surface area contributed by atoms with E-state index in [0.717, 1.165) is 10.9 Å². The molecule has 0 spiro atoms. The predicted molar refractivity (Wildman–Crippen MR) is 63.8 cm³/mol. The van der Waals surface area contributed by atoms with Gasteiger partial charge in [0.25, 0.3) is 0 Å². The van der Waals surface area contributed by atoms with Gasteiger partial charge in [0.1, 0.15) is 6.54 Å². The molecule has 1 aromatic heterocycles. The Morgan fingerprint density at radius 3 is 2.71 bits per heavy atom. The van der Waals surface area contributed by atoms with Crippen LogP contribution in [0.3, 0.4) is 0 Å². The molecule has 1 heterocycles. The average molecular weight is 300 g/mol. The van der Waals surface area contributed by atoms with Crippen molar-refractivity contribution in [3.63, 3.8) is 0 Å². The molecule has 6 nitrogen and oxygen atoms in total. The zero-order valence-electron chi connectivity index (χ0n) is 11.0. The second kappa shape index (κ2) is 6.27. The van der Waals surface area contributed by atoms with E-state index in [2.05, 4.69) is 14.7 Å². The molecule has 112 valence electrons. The highest BCUT2D eigenvalue weighted by Gasteiger charge is 2.42. The van der Waals surface area contributed by atoms with Gasteiger partial charge in [-0.1, -0.05) is 0 Å². The lowest BCUT2D eigenvalue weighted by molar-refractivity contribution is -0.137. The SMILES string of the molecule is [C-]#[N+]C(C#N)(CCC(F)(F)F)Cn1cc(C(=O)OC)cn1. The smallest absolute Gasteiger partial charge is 0.389 e. The molecule has 0 aliphatic rings. The number of nitrogens with zero attached hydrogens (tertiary/aromatic N) is 4. The van der Waals surface area contributed by atoms with Crippen molar-refractivity contribution in [2.45, 2.75) is 31.1 Å². The van der Waals surface area contributed by atoms with Crippen LogP contribution in [0.5, 0.6) is 0 Å². The number of carbonyl (C=O) groups excluding carboxylic acids is 1. The molecule has 1 rings (SSSR count). The Morgan fingerprint density at radius 2 is 2.24 bits per heavy atom. The summed E-state index contributed by atoms with van der Waals surface area (Å²) in [5.41, 5.74) is -1.79. The van der Waals surface area contributed by atoms with Gasteiger partial charge in [0.2, 0.25) is 0 Å². The van der Waals surface area contributed by atoms with Crippen LogP contribution in [0.1, 0.15) is 23.2 Å². The highest BCUT2D eigenvalue weighted by Crippen LogP contribution is 2.29. The summed E-state index contributed by atoms with van der Waals surface area (Å²) >= 11 is 0. The third-order valence-corrected chi connectivity index (χ3v) is 2.72. The largest absolute Gasteiger partial charge is 0.465 e. The molecule has 0 saturated carbocycles. The molecule has 0 saturated heterocycles. The van der Waals surface area contributed by atoms with Crippen molar-refractivity contribution in [2.24, 2.45) is 0 Å². The van der Waals surface area contributed by atoms with Gasteiger partial charge in [-0.05, 0) is 0 Å². The number of methoxy groups -OCH3 is 1. The predicted octanol–water partition coefficient (Wildman–Crippen LogP) is 2.19. The highest BCUT2D eigenvalue weighted by atomic mass is 19.4. The summed E-state index contributed by atoms with van der Waals surface area (Å²) in [6.45, 7) is 6.63. The fraction of sp³-hybridized carbons (Fsp3) is 0.500. The fourth-order valence-corrected chi connectivity index (χ4v) is 1.58. The number of carbonyl (C=O) groups is 1. The zero-order chi connectivity index (χ0) is 16.1. The monoisotopic (exact) mass is 300 g/mol. The third kappa shape index (κ3) is 4.49. The summed E-state index contributed by atoms with van der Waals surface area (Å²) in [6.07, 6.45) is -3.98. The molecule has 0 N–H and O–H groups in total. The van der Waals surface area contributed by atoms with Gasteiger partial charge in [-0.25, -0.2) is 11.4 Å². The number of aromatic nitrogens is 2. The Kier molecular flexibility index (Phi) is 4.93. The number of rotatable bonds is 5. The maximum absolute atomic E-state index is 12.3. The Hall–Kier alpha value is -2.55. The first-order chi connectivity index (χ1) is 9.75. The molecule has 0 aromatic carbocycles. The maximum Gasteiger partial charge on any atom is 0.389 e. The molecule has 0 amide bonds. The van der Waals surface area contributed by atoms with Crippen molar-refractivity contribution in [1.29, 1.82) is 5.26 Å². The van der Waals surface area contributed by atoms with Crippen LogP contribution in [0.2, 0.25) is 0 Å². The van der Waals surface area contributed by atoms with Crippen LogP contribution in [0.25, 0.3) is 4.85 Å². The summed E-state index contributed by atoms with van der Waals surface area (Å²) in [5.74, 6) is -0.665. The molecule has 0 radical (unpaired) electrons. The topological polar surface area (TPSA) is 72.3 Å². The van der Waals surface area contributed by atoms with E-state index >= 15 is 0 Å². The molecule has 21 heavy (non-hydrogen) atoms. The van der Waals surface area contributed by atoms with E-state index in [4.69, 9.17) is 11.8 Å². The van der Waals surface area contributed by atoms with Crippen LogP contribution in [0.4, 0.5) is 13.2 Å². The van der Waals surface area contributed by atoms with Crippen LogP contribution in [-0.2, 0) is 11.3 Å². The number of esters is 1. The summed E-state index contributed by atoms with van der Waals surface area (Å²) in [6, 6.07) is 1.61.